The van der Waals surface area contributed by atoms with Crippen LogP contribution in [0.15, 0.2) is 30.3 Å². The summed E-state index contributed by atoms with van der Waals surface area (Å²) in [6.45, 7) is 4.34. The monoisotopic (exact) mass is 320 g/mol. The van der Waals surface area contributed by atoms with Gasteiger partial charge in [-0.2, -0.15) is 0 Å². The molecular weight excluding hydrogens is 296 g/mol. The van der Waals surface area contributed by atoms with Crippen molar-refractivity contribution in [3.63, 3.8) is 0 Å². The summed E-state index contributed by atoms with van der Waals surface area (Å²) in [6, 6.07) is 10.0. The Hall–Kier alpha value is -1.92. The maximum absolute atomic E-state index is 12.0. The molecule has 23 heavy (non-hydrogen) atoms. The zero-order valence-electron chi connectivity index (χ0n) is 13.5. The summed E-state index contributed by atoms with van der Waals surface area (Å²) in [6.07, 6.45) is 1.04. The van der Waals surface area contributed by atoms with Gasteiger partial charge in [0.2, 0.25) is 11.8 Å². The molecule has 0 aromatic heterocycles. The van der Waals surface area contributed by atoms with Crippen LogP contribution in [0.25, 0.3) is 0 Å². The number of hydrogen-bond donors (Lipinski definition) is 1. The Balaban J connectivity index is 1.70. The number of carbonyl (C=O) groups excluding carboxylic acids is 2. The summed E-state index contributed by atoms with van der Waals surface area (Å²) in [5.41, 5.74) is 3.59. The van der Waals surface area contributed by atoms with E-state index in [-0.39, 0.29) is 24.2 Å². The average Bonchev–Trinajstić information content (AvgIpc) is 2.94. The number of ether oxygens (including phenoxy) is 1. The lowest BCUT2D eigenvalue weighted by Gasteiger charge is -2.16. The standard InChI is InChI=1S/C17H24N2O4/c1-2-22-10-11-23-18-17(21)15-12-16(20)19(13-15)9-8-14-6-4-3-5-7-14/h3-7,15H,2,8-13H2,1H3,(H,18,21)/t15-/m1/s1. The van der Waals surface area contributed by atoms with E-state index in [4.69, 9.17) is 9.57 Å². The van der Waals surface area contributed by atoms with E-state index in [0.29, 0.717) is 32.9 Å². The van der Waals surface area contributed by atoms with Gasteiger partial charge < -0.3 is 9.64 Å². The first-order valence-corrected chi connectivity index (χ1v) is 8.01. The van der Waals surface area contributed by atoms with Crippen LogP contribution in [0.3, 0.4) is 0 Å². The molecule has 1 heterocycles. The summed E-state index contributed by atoms with van der Waals surface area (Å²) in [4.78, 5) is 30.8. The highest BCUT2D eigenvalue weighted by Gasteiger charge is 2.34. The molecule has 1 aliphatic heterocycles. The van der Waals surface area contributed by atoms with Gasteiger partial charge in [0.25, 0.3) is 0 Å². The molecule has 0 unspecified atom stereocenters. The topological polar surface area (TPSA) is 67.9 Å². The van der Waals surface area contributed by atoms with Crippen molar-refractivity contribution < 1.29 is 19.2 Å². The van der Waals surface area contributed by atoms with Crippen LogP contribution in [0.4, 0.5) is 0 Å². The van der Waals surface area contributed by atoms with Crippen molar-refractivity contribution in [2.45, 2.75) is 19.8 Å². The molecule has 0 bridgehead atoms. The van der Waals surface area contributed by atoms with Gasteiger partial charge in [0.1, 0.15) is 0 Å². The molecule has 0 radical (unpaired) electrons. The van der Waals surface area contributed by atoms with Crippen LogP contribution >= 0.6 is 0 Å². The molecule has 1 saturated heterocycles. The summed E-state index contributed by atoms with van der Waals surface area (Å²) in [5, 5.41) is 0. The third-order valence-corrected chi connectivity index (χ3v) is 3.81. The zero-order valence-corrected chi connectivity index (χ0v) is 13.5. The average molecular weight is 320 g/mol. The summed E-state index contributed by atoms with van der Waals surface area (Å²) in [7, 11) is 0. The second-order valence-electron chi connectivity index (χ2n) is 5.49. The van der Waals surface area contributed by atoms with Crippen molar-refractivity contribution in [3.05, 3.63) is 35.9 Å². The van der Waals surface area contributed by atoms with Crippen molar-refractivity contribution in [2.75, 3.05) is 32.9 Å². The number of hydrogen-bond acceptors (Lipinski definition) is 4. The van der Waals surface area contributed by atoms with Crippen molar-refractivity contribution in [3.8, 4) is 0 Å². The number of hydroxylamine groups is 1. The zero-order chi connectivity index (χ0) is 16.5. The second kappa shape index (κ2) is 9.27. The molecule has 1 aliphatic rings. The lowest BCUT2D eigenvalue weighted by molar-refractivity contribution is -0.139. The number of likely N-dealkylation sites (tertiary alicyclic amines) is 1. The highest BCUT2D eigenvalue weighted by atomic mass is 16.7. The highest BCUT2D eigenvalue weighted by molar-refractivity contribution is 5.88. The normalized spacial score (nSPS) is 17.5. The number of nitrogens with zero attached hydrogens (tertiary/aromatic N) is 1. The number of carbonyl (C=O) groups is 2. The third-order valence-electron chi connectivity index (χ3n) is 3.81. The quantitative estimate of drug-likeness (QED) is 0.548. The number of benzene rings is 1. The molecule has 2 rings (SSSR count). The molecule has 1 aromatic carbocycles. The van der Waals surface area contributed by atoms with Gasteiger partial charge in [0, 0.05) is 26.1 Å². The molecule has 0 aliphatic carbocycles. The Morgan fingerprint density at radius 3 is 2.83 bits per heavy atom. The Labute approximate surface area is 136 Å². The first-order valence-electron chi connectivity index (χ1n) is 8.01. The predicted octanol–water partition coefficient (Wildman–Crippen LogP) is 1.16. The largest absolute Gasteiger partial charge is 0.379 e. The first kappa shape index (κ1) is 17.4. The van der Waals surface area contributed by atoms with Crippen molar-refractivity contribution in [1.29, 1.82) is 0 Å². The highest BCUT2D eigenvalue weighted by Crippen LogP contribution is 2.18. The van der Waals surface area contributed by atoms with Crippen LogP contribution in [-0.2, 0) is 25.6 Å². The molecule has 0 spiro atoms. The predicted molar refractivity (Wildman–Crippen MR) is 85.4 cm³/mol. The molecule has 0 saturated carbocycles. The van der Waals surface area contributed by atoms with Gasteiger partial charge in [-0.05, 0) is 18.9 Å². The van der Waals surface area contributed by atoms with Crippen LogP contribution in [0, 0.1) is 5.92 Å². The molecule has 2 amide bonds. The van der Waals surface area contributed by atoms with E-state index in [9.17, 15) is 9.59 Å². The molecular formula is C17H24N2O4. The van der Waals surface area contributed by atoms with Crippen molar-refractivity contribution in [1.82, 2.24) is 10.4 Å². The van der Waals surface area contributed by atoms with E-state index in [2.05, 4.69) is 5.48 Å². The van der Waals surface area contributed by atoms with Crippen molar-refractivity contribution in [2.24, 2.45) is 5.92 Å². The Kier molecular flexibility index (Phi) is 7.03. The lowest BCUT2D eigenvalue weighted by atomic mass is 10.1. The van der Waals surface area contributed by atoms with Gasteiger partial charge >= 0.3 is 0 Å². The van der Waals surface area contributed by atoms with Crippen LogP contribution in [0.5, 0.6) is 0 Å². The first-order chi connectivity index (χ1) is 11.2. The minimum atomic E-state index is -0.342. The van der Waals surface area contributed by atoms with E-state index in [1.165, 1.54) is 5.56 Å². The third kappa shape index (κ3) is 5.65. The fourth-order valence-corrected chi connectivity index (χ4v) is 2.52. The van der Waals surface area contributed by atoms with Crippen LogP contribution in [0.1, 0.15) is 18.9 Å². The molecule has 1 atom stereocenters. The van der Waals surface area contributed by atoms with Gasteiger partial charge in [-0.15, -0.1) is 0 Å². The van der Waals surface area contributed by atoms with Gasteiger partial charge in [-0.25, -0.2) is 5.48 Å². The lowest BCUT2D eigenvalue weighted by Crippen LogP contribution is -2.34. The minimum Gasteiger partial charge on any atom is -0.379 e. The van der Waals surface area contributed by atoms with Gasteiger partial charge in [0.05, 0.1) is 19.1 Å². The second-order valence-corrected chi connectivity index (χ2v) is 5.49. The smallest absolute Gasteiger partial charge is 0.248 e. The molecule has 6 nitrogen and oxygen atoms in total. The van der Waals surface area contributed by atoms with Crippen molar-refractivity contribution >= 4 is 11.8 Å². The maximum Gasteiger partial charge on any atom is 0.248 e. The van der Waals surface area contributed by atoms with Gasteiger partial charge in [0.15, 0.2) is 0 Å². The minimum absolute atomic E-state index is 0.0235. The van der Waals surface area contributed by atoms with E-state index in [0.717, 1.165) is 6.42 Å². The van der Waals surface area contributed by atoms with E-state index in [1.54, 1.807) is 4.90 Å². The fourth-order valence-electron chi connectivity index (χ4n) is 2.52. The number of rotatable bonds is 9. The molecule has 126 valence electrons. The summed E-state index contributed by atoms with van der Waals surface area (Å²) in [5.74, 6) is -0.558. The van der Waals surface area contributed by atoms with E-state index >= 15 is 0 Å². The Morgan fingerprint density at radius 2 is 2.09 bits per heavy atom. The van der Waals surface area contributed by atoms with Crippen LogP contribution < -0.4 is 5.48 Å². The maximum atomic E-state index is 12.0. The molecule has 1 aromatic rings. The van der Waals surface area contributed by atoms with Gasteiger partial charge in [-0.1, -0.05) is 30.3 Å². The summed E-state index contributed by atoms with van der Waals surface area (Å²) >= 11 is 0. The Bertz CT molecular complexity index is 507. The molecule has 1 fully saturated rings. The SMILES string of the molecule is CCOCCONC(=O)[C@@H]1CC(=O)N(CCc2ccccc2)C1. The van der Waals surface area contributed by atoms with Gasteiger partial charge in [-0.3, -0.25) is 14.4 Å². The molecule has 1 N–H and O–H groups in total. The number of nitrogens with one attached hydrogen (secondary N) is 1. The van der Waals surface area contributed by atoms with Crippen LogP contribution in [-0.4, -0.2) is 49.6 Å². The summed E-state index contributed by atoms with van der Waals surface area (Å²) < 4.78 is 5.11. The van der Waals surface area contributed by atoms with Crippen LogP contribution in [0.2, 0.25) is 0 Å². The fraction of sp³-hybridized carbons (Fsp3) is 0.529. The van der Waals surface area contributed by atoms with E-state index < -0.39 is 0 Å². The Morgan fingerprint density at radius 1 is 1.30 bits per heavy atom. The van der Waals surface area contributed by atoms with E-state index in [1.807, 2.05) is 37.3 Å². The number of amides is 2. The molecule has 6 heteroatoms.